The first-order valence-corrected chi connectivity index (χ1v) is 8.78. The zero-order chi connectivity index (χ0) is 17.1. The highest BCUT2D eigenvalue weighted by atomic mass is 32.1. The molecule has 0 saturated carbocycles. The highest BCUT2D eigenvalue weighted by Gasteiger charge is 2.35. The van der Waals surface area contributed by atoms with Crippen LogP contribution in [0.4, 0.5) is 5.69 Å². The third-order valence-electron chi connectivity index (χ3n) is 4.16. The SMILES string of the molecule is COc1ccc(C)cc1NC(=O)[C@@H]1CCCN1C(=O)c1cccs1. The number of methoxy groups -OCH3 is 1. The largest absolute Gasteiger partial charge is 0.495 e. The van der Waals surface area contributed by atoms with Gasteiger partial charge in [0.05, 0.1) is 17.7 Å². The lowest BCUT2D eigenvalue weighted by atomic mass is 10.1. The van der Waals surface area contributed by atoms with Crippen molar-refractivity contribution in [1.82, 2.24) is 4.90 Å². The highest BCUT2D eigenvalue weighted by molar-refractivity contribution is 7.12. The van der Waals surface area contributed by atoms with Crippen LogP contribution in [0.25, 0.3) is 0 Å². The maximum absolute atomic E-state index is 12.7. The maximum Gasteiger partial charge on any atom is 0.264 e. The van der Waals surface area contributed by atoms with Gasteiger partial charge in [-0.05, 0) is 48.9 Å². The summed E-state index contributed by atoms with van der Waals surface area (Å²) < 4.78 is 5.30. The predicted molar refractivity (Wildman–Crippen MR) is 94.7 cm³/mol. The van der Waals surface area contributed by atoms with E-state index in [4.69, 9.17) is 4.74 Å². The molecule has 2 aromatic rings. The maximum atomic E-state index is 12.7. The van der Waals surface area contributed by atoms with Gasteiger partial charge in [-0.15, -0.1) is 11.3 Å². The van der Waals surface area contributed by atoms with Crippen LogP contribution in [0, 0.1) is 6.92 Å². The van der Waals surface area contributed by atoms with Crippen molar-refractivity contribution in [1.29, 1.82) is 0 Å². The van der Waals surface area contributed by atoms with E-state index in [0.29, 0.717) is 29.3 Å². The van der Waals surface area contributed by atoms with Crippen molar-refractivity contribution in [3.05, 3.63) is 46.2 Å². The Bertz CT molecular complexity index is 743. The predicted octanol–water partition coefficient (Wildman–Crippen LogP) is 3.31. The van der Waals surface area contributed by atoms with Gasteiger partial charge in [-0.2, -0.15) is 0 Å². The molecule has 1 aliphatic rings. The number of likely N-dealkylation sites (tertiary alicyclic amines) is 1. The summed E-state index contributed by atoms with van der Waals surface area (Å²) >= 11 is 1.40. The molecule has 0 spiro atoms. The van der Waals surface area contributed by atoms with Crippen LogP contribution in [0.2, 0.25) is 0 Å². The molecule has 2 amide bonds. The molecule has 6 heteroatoms. The van der Waals surface area contributed by atoms with Crippen LogP contribution >= 0.6 is 11.3 Å². The smallest absolute Gasteiger partial charge is 0.264 e. The van der Waals surface area contributed by atoms with Crippen molar-refractivity contribution in [2.24, 2.45) is 0 Å². The lowest BCUT2D eigenvalue weighted by Gasteiger charge is -2.24. The van der Waals surface area contributed by atoms with Crippen LogP contribution in [0.3, 0.4) is 0 Å². The van der Waals surface area contributed by atoms with Gasteiger partial charge in [0.25, 0.3) is 5.91 Å². The molecule has 0 bridgehead atoms. The third-order valence-corrected chi connectivity index (χ3v) is 5.02. The van der Waals surface area contributed by atoms with Crippen molar-refractivity contribution in [3.63, 3.8) is 0 Å². The second-order valence-electron chi connectivity index (χ2n) is 5.83. The molecular weight excluding hydrogens is 324 g/mol. The summed E-state index contributed by atoms with van der Waals surface area (Å²) in [6, 6.07) is 8.83. The minimum atomic E-state index is -0.440. The molecular formula is C18H20N2O3S. The number of hydrogen-bond donors (Lipinski definition) is 1. The van der Waals surface area contributed by atoms with Crippen molar-refractivity contribution in [2.45, 2.75) is 25.8 Å². The molecule has 2 heterocycles. The van der Waals surface area contributed by atoms with E-state index in [-0.39, 0.29) is 11.8 Å². The number of anilines is 1. The number of carbonyl (C=O) groups is 2. The average Bonchev–Trinajstić information content (AvgIpc) is 3.26. The van der Waals surface area contributed by atoms with Crippen molar-refractivity contribution in [3.8, 4) is 5.75 Å². The fourth-order valence-corrected chi connectivity index (χ4v) is 3.64. The molecule has 1 atom stereocenters. The number of ether oxygens (including phenoxy) is 1. The highest BCUT2D eigenvalue weighted by Crippen LogP contribution is 2.28. The Balaban J connectivity index is 1.77. The molecule has 1 fully saturated rings. The number of rotatable bonds is 4. The number of nitrogens with zero attached hydrogens (tertiary/aromatic N) is 1. The monoisotopic (exact) mass is 344 g/mol. The zero-order valence-corrected chi connectivity index (χ0v) is 14.6. The normalized spacial score (nSPS) is 16.9. The fourth-order valence-electron chi connectivity index (χ4n) is 2.96. The number of nitrogens with one attached hydrogen (secondary N) is 1. The van der Waals surface area contributed by atoms with Crippen molar-refractivity contribution in [2.75, 3.05) is 19.0 Å². The summed E-state index contributed by atoms with van der Waals surface area (Å²) in [7, 11) is 1.57. The Morgan fingerprint density at radius 3 is 2.88 bits per heavy atom. The van der Waals surface area contributed by atoms with E-state index < -0.39 is 6.04 Å². The Morgan fingerprint density at radius 2 is 2.17 bits per heavy atom. The summed E-state index contributed by atoms with van der Waals surface area (Å²) in [5, 5.41) is 4.79. The Kier molecular flexibility index (Phi) is 4.85. The average molecular weight is 344 g/mol. The Morgan fingerprint density at radius 1 is 1.33 bits per heavy atom. The van der Waals surface area contributed by atoms with Gasteiger partial charge >= 0.3 is 0 Å². The molecule has 126 valence electrons. The van der Waals surface area contributed by atoms with Gasteiger partial charge in [-0.3, -0.25) is 9.59 Å². The summed E-state index contributed by atoms with van der Waals surface area (Å²) in [4.78, 5) is 27.6. The van der Waals surface area contributed by atoms with Gasteiger partial charge in [-0.1, -0.05) is 12.1 Å². The first-order valence-electron chi connectivity index (χ1n) is 7.90. The third kappa shape index (κ3) is 3.28. The van der Waals surface area contributed by atoms with Crippen LogP contribution in [0.5, 0.6) is 5.75 Å². The first-order chi connectivity index (χ1) is 11.6. The fraction of sp³-hybridized carbons (Fsp3) is 0.333. The summed E-state index contributed by atoms with van der Waals surface area (Å²) in [6.07, 6.45) is 1.51. The van der Waals surface area contributed by atoms with Gasteiger partial charge in [0.2, 0.25) is 5.91 Å². The number of benzene rings is 1. The van der Waals surface area contributed by atoms with Crippen LogP contribution in [0.1, 0.15) is 28.1 Å². The summed E-state index contributed by atoms with van der Waals surface area (Å²) in [5.74, 6) is 0.378. The summed E-state index contributed by atoms with van der Waals surface area (Å²) in [5.41, 5.74) is 1.67. The number of hydrogen-bond acceptors (Lipinski definition) is 4. The Hall–Kier alpha value is -2.34. The van der Waals surface area contributed by atoms with E-state index in [1.54, 1.807) is 18.1 Å². The molecule has 3 rings (SSSR count). The van der Waals surface area contributed by atoms with E-state index in [1.165, 1.54) is 11.3 Å². The Labute approximate surface area is 145 Å². The zero-order valence-electron chi connectivity index (χ0n) is 13.7. The van der Waals surface area contributed by atoms with Crippen molar-refractivity contribution < 1.29 is 14.3 Å². The first kappa shape index (κ1) is 16.5. The number of thiophene rings is 1. The molecule has 1 aliphatic heterocycles. The van der Waals surface area contributed by atoms with Crippen LogP contribution in [-0.2, 0) is 4.79 Å². The van der Waals surface area contributed by atoms with Gasteiger partial charge in [-0.25, -0.2) is 0 Å². The molecule has 5 nitrogen and oxygen atoms in total. The molecule has 1 N–H and O–H groups in total. The van der Waals surface area contributed by atoms with E-state index in [1.807, 2.05) is 36.6 Å². The van der Waals surface area contributed by atoms with Crippen LogP contribution < -0.4 is 10.1 Å². The van der Waals surface area contributed by atoms with E-state index in [9.17, 15) is 9.59 Å². The van der Waals surface area contributed by atoms with Gasteiger partial charge < -0.3 is 15.0 Å². The number of amides is 2. The molecule has 1 aromatic carbocycles. The lowest BCUT2D eigenvalue weighted by Crippen LogP contribution is -2.43. The number of carbonyl (C=O) groups excluding carboxylic acids is 2. The van der Waals surface area contributed by atoms with Gasteiger partial charge in [0, 0.05) is 6.54 Å². The topological polar surface area (TPSA) is 58.6 Å². The molecule has 0 unspecified atom stereocenters. The second-order valence-corrected chi connectivity index (χ2v) is 6.77. The molecule has 0 radical (unpaired) electrons. The standard InChI is InChI=1S/C18H20N2O3S/c1-12-7-8-15(23-2)13(11-12)19-17(21)14-5-3-9-20(14)18(22)16-6-4-10-24-16/h4,6-8,10-11,14H,3,5,9H2,1-2H3,(H,19,21)/t14-/m0/s1. The van der Waals surface area contributed by atoms with E-state index >= 15 is 0 Å². The molecule has 24 heavy (non-hydrogen) atoms. The minimum absolute atomic E-state index is 0.0705. The quantitative estimate of drug-likeness (QED) is 0.926. The number of aryl methyl sites for hydroxylation is 1. The van der Waals surface area contributed by atoms with Crippen molar-refractivity contribution >= 4 is 28.8 Å². The lowest BCUT2D eigenvalue weighted by molar-refractivity contribution is -0.119. The van der Waals surface area contributed by atoms with Gasteiger partial charge in [0.15, 0.2) is 0 Å². The molecule has 1 aromatic heterocycles. The van der Waals surface area contributed by atoms with Crippen LogP contribution in [0.15, 0.2) is 35.7 Å². The van der Waals surface area contributed by atoms with Gasteiger partial charge in [0.1, 0.15) is 11.8 Å². The molecule has 1 saturated heterocycles. The van der Waals surface area contributed by atoms with E-state index in [0.717, 1.165) is 12.0 Å². The second kappa shape index (κ2) is 7.05. The van der Waals surface area contributed by atoms with Crippen LogP contribution in [-0.4, -0.2) is 36.4 Å². The summed E-state index contributed by atoms with van der Waals surface area (Å²) in [6.45, 7) is 2.57. The molecule has 0 aliphatic carbocycles. The minimum Gasteiger partial charge on any atom is -0.495 e. The van der Waals surface area contributed by atoms with E-state index in [2.05, 4.69) is 5.32 Å².